The van der Waals surface area contributed by atoms with Gasteiger partial charge in [-0.2, -0.15) is 4.98 Å². The summed E-state index contributed by atoms with van der Waals surface area (Å²) in [5.74, 6) is -0.0510. The van der Waals surface area contributed by atoms with E-state index in [1.807, 2.05) is 30.3 Å². The maximum atomic E-state index is 12.7. The summed E-state index contributed by atoms with van der Waals surface area (Å²) in [5.41, 5.74) is -0.286. The van der Waals surface area contributed by atoms with Crippen molar-refractivity contribution in [2.24, 2.45) is 5.41 Å². The third-order valence-electron chi connectivity index (χ3n) is 4.46. The fourth-order valence-corrected chi connectivity index (χ4v) is 2.78. The summed E-state index contributed by atoms with van der Waals surface area (Å²) in [7, 11) is 0. The highest BCUT2D eigenvalue weighted by Gasteiger charge is 2.34. The van der Waals surface area contributed by atoms with Gasteiger partial charge in [0.1, 0.15) is 6.61 Å². The summed E-state index contributed by atoms with van der Waals surface area (Å²) in [4.78, 5) is 45.7. The van der Waals surface area contributed by atoms with Gasteiger partial charge in [-0.15, -0.1) is 0 Å². The van der Waals surface area contributed by atoms with E-state index >= 15 is 0 Å². The number of nitrogens with zero attached hydrogens (tertiary/aromatic N) is 2. The lowest BCUT2D eigenvalue weighted by molar-refractivity contribution is -0.123. The lowest BCUT2D eigenvalue weighted by Crippen LogP contribution is -2.49. The average Bonchev–Trinajstić information content (AvgIpc) is 2.66. The third-order valence-corrected chi connectivity index (χ3v) is 4.46. The number of fused-ring (bicyclic) bond motifs is 1. The van der Waals surface area contributed by atoms with Crippen molar-refractivity contribution >= 4 is 29.5 Å². The molecule has 0 saturated carbocycles. The summed E-state index contributed by atoms with van der Waals surface area (Å²) in [6.45, 7) is 7.54. The largest absolute Gasteiger partial charge is 0.444 e. The Kier molecular flexibility index (Phi) is 5.58. The van der Waals surface area contributed by atoms with Crippen LogP contribution in [0.3, 0.4) is 0 Å². The lowest BCUT2D eigenvalue weighted by Gasteiger charge is -2.33. The number of aromatic nitrogens is 2. The molecule has 154 valence electrons. The molecule has 3 N–H and O–H groups in total. The van der Waals surface area contributed by atoms with E-state index in [9.17, 15) is 14.4 Å². The second-order valence-electron chi connectivity index (χ2n) is 7.96. The van der Waals surface area contributed by atoms with Crippen LogP contribution in [0.1, 0.15) is 33.3 Å². The van der Waals surface area contributed by atoms with Crippen LogP contribution < -0.4 is 21.1 Å². The van der Waals surface area contributed by atoms with Crippen LogP contribution in [0, 0.1) is 5.41 Å². The van der Waals surface area contributed by atoms with Crippen molar-refractivity contribution in [2.45, 2.75) is 40.3 Å². The van der Waals surface area contributed by atoms with Crippen molar-refractivity contribution in [3.63, 3.8) is 0 Å². The SMILES string of the molecule is CC1CNc2nc(NC(=O)C(C)(C)C)[nH]c(=O)c2N1C(=O)OCc1ccccc1. The van der Waals surface area contributed by atoms with Crippen LogP contribution in [0.15, 0.2) is 35.1 Å². The molecule has 0 fully saturated rings. The van der Waals surface area contributed by atoms with Gasteiger partial charge in [-0.25, -0.2) is 4.79 Å². The van der Waals surface area contributed by atoms with Crippen LogP contribution in [-0.2, 0) is 16.1 Å². The van der Waals surface area contributed by atoms with Crippen LogP contribution in [0.2, 0.25) is 0 Å². The monoisotopic (exact) mass is 399 g/mol. The van der Waals surface area contributed by atoms with Gasteiger partial charge in [0, 0.05) is 12.0 Å². The van der Waals surface area contributed by atoms with Crippen molar-refractivity contribution in [2.75, 3.05) is 22.1 Å². The first kappa shape index (κ1) is 20.4. The zero-order valence-corrected chi connectivity index (χ0v) is 16.9. The maximum absolute atomic E-state index is 12.7. The molecule has 1 aromatic heterocycles. The number of amides is 2. The molecule has 1 unspecified atom stereocenters. The smallest absolute Gasteiger partial charge is 0.415 e. The Balaban J connectivity index is 1.84. The minimum absolute atomic E-state index is 0.0216. The molecule has 0 spiro atoms. The highest BCUT2D eigenvalue weighted by molar-refractivity contribution is 5.95. The van der Waals surface area contributed by atoms with Gasteiger partial charge in [0.15, 0.2) is 11.5 Å². The Morgan fingerprint density at radius 3 is 2.62 bits per heavy atom. The molecule has 2 amide bonds. The van der Waals surface area contributed by atoms with Gasteiger partial charge < -0.3 is 10.1 Å². The Bertz CT molecular complexity index is 965. The van der Waals surface area contributed by atoms with E-state index in [4.69, 9.17) is 4.74 Å². The molecule has 1 atom stereocenters. The zero-order valence-electron chi connectivity index (χ0n) is 16.9. The van der Waals surface area contributed by atoms with Gasteiger partial charge >= 0.3 is 6.09 Å². The molecule has 2 heterocycles. The summed E-state index contributed by atoms with van der Waals surface area (Å²) >= 11 is 0. The molecular weight excluding hydrogens is 374 g/mol. The van der Waals surface area contributed by atoms with Crippen molar-refractivity contribution in [3.05, 3.63) is 46.2 Å². The van der Waals surface area contributed by atoms with E-state index in [0.717, 1.165) is 5.56 Å². The predicted octanol–water partition coefficient (Wildman–Crippen LogP) is 2.71. The van der Waals surface area contributed by atoms with Crippen LogP contribution in [0.4, 0.5) is 22.2 Å². The molecule has 9 nitrogen and oxygen atoms in total. The number of rotatable bonds is 3. The molecule has 1 aromatic carbocycles. The number of hydrogen-bond donors (Lipinski definition) is 3. The van der Waals surface area contributed by atoms with Crippen LogP contribution in [0.5, 0.6) is 0 Å². The van der Waals surface area contributed by atoms with Crippen molar-refractivity contribution in [1.29, 1.82) is 0 Å². The first-order valence-electron chi connectivity index (χ1n) is 9.36. The highest BCUT2D eigenvalue weighted by atomic mass is 16.6. The quantitative estimate of drug-likeness (QED) is 0.731. The molecule has 1 aliphatic rings. The zero-order chi connectivity index (χ0) is 21.2. The topological polar surface area (TPSA) is 116 Å². The molecule has 2 aromatic rings. The number of aromatic amines is 1. The molecule has 0 radical (unpaired) electrons. The van der Waals surface area contributed by atoms with Crippen molar-refractivity contribution in [3.8, 4) is 0 Å². The number of H-pyrrole nitrogens is 1. The van der Waals surface area contributed by atoms with E-state index < -0.39 is 17.1 Å². The highest BCUT2D eigenvalue weighted by Crippen LogP contribution is 2.28. The Labute approximate surface area is 168 Å². The normalized spacial score (nSPS) is 15.9. The molecule has 0 aliphatic carbocycles. The summed E-state index contributed by atoms with van der Waals surface area (Å²) in [6, 6.07) is 8.97. The van der Waals surface area contributed by atoms with Gasteiger partial charge in [0.2, 0.25) is 11.9 Å². The van der Waals surface area contributed by atoms with Crippen LogP contribution >= 0.6 is 0 Å². The van der Waals surface area contributed by atoms with E-state index in [1.54, 1.807) is 27.7 Å². The standard InChI is InChI=1S/C20H25N5O4/c1-12-10-21-15-14(16(26)23-18(22-15)24-17(27)20(2,3)4)25(12)19(28)29-11-13-8-6-5-7-9-13/h5-9,12H,10-11H2,1-4H3,(H3,21,22,23,24,26,27). The van der Waals surface area contributed by atoms with Gasteiger partial charge in [-0.1, -0.05) is 51.1 Å². The van der Waals surface area contributed by atoms with E-state index in [1.165, 1.54) is 4.90 Å². The average molecular weight is 399 g/mol. The lowest BCUT2D eigenvalue weighted by atomic mass is 9.96. The number of ether oxygens (including phenoxy) is 1. The van der Waals surface area contributed by atoms with Crippen molar-refractivity contribution in [1.82, 2.24) is 9.97 Å². The van der Waals surface area contributed by atoms with Gasteiger partial charge in [-0.3, -0.25) is 24.8 Å². The van der Waals surface area contributed by atoms with E-state index in [0.29, 0.717) is 6.54 Å². The Morgan fingerprint density at radius 2 is 1.97 bits per heavy atom. The molecular formula is C20H25N5O4. The molecule has 0 bridgehead atoms. The van der Waals surface area contributed by atoms with Crippen molar-refractivity contribution < 1.29 is 14.3 Å². The minimum atomic E-state index is -0.649. The molecule has 1 aliphatic heterocycles. The number of nitrogens with one attached hydrogen (secondary N) is 3. The molecule has 9 heteroatoms. The number of carbonyl (C=O) groups excluding carboxylic acids is 2. The van der Waals surface area contributed by atoms with Gasteiger partial charge in [0.25, 0.3) is 5.56 Å². The fourth-order valence-electron chi connectivity index (χ4n) is 2.78. The minimum Gasteiger partial charge on any atom is -0.444 e. The first-order valence-corrected chi connectivity index (χ1v) is 9.36. The molecule has 3 rings (SSSR count). The molecule has 29 heavy (non-hydrogen) atoms. The van der Waals surface area contributed by atoms with E-state index in [-0.39, 0.29) is 36.0 Å². The second kappa shape index (κ2) is 7.94. The number of benzene rings is 1. The molecule has 0 saturated heterocycles. The summed E-state index contributed by atoms with van der Waals surface area (Å²) in [5, 5.41) is 5.63. The maximum Gasteiger partial charge on any atom is 0.415 e. The third kappa shape index (κ3) is 4.56. The number of carbonyl (C=O) groups is 2. The van der Waals surface area contributed by atoms with Gasteiger partial charge in [0.05, 0.1) is 6.04 Å². The Hall–Kier alpha value is -3.36. The fraction of sp³-hybridized carbons (Fsp3) is 0.400. The first-order chi connectivity index (χ1) is 13.7. The summed E-state index contributed by atoms with van der Waals surface area (Å²) < 4.78 is 5.40. The predicted molar refractivity (Wildman–Crippen MR) is 110 cm³/mol. The summed E-state index contributed by atoms with van der Waals surface area (Å²) in [6.07, 6.45) is -0.636. The number of hydrogen-bond acceptors (Lipinski definition) is 6. The number of anilines is 3. The van der Waals surface area contributed by atoms with Crippen LogP contribution in [0.25, 0.3) is 0 Å². The van der Waals surface area contributed by atoms with Crippen LogP contribution in [-0.4, -0.2) is 34.6 Å². The Morgan fingerprint density at radius 1 is 1.28 bits per heavy atom. The second-order valence-corrected chi connectivity index (χ2v) is 7.96. The van der Waals surface area contributed by atoms with Gasteiger partial charge in [-0.05, 0) is 12.5 Å². The van der Waals surface area contributed by atoms with E-state index in [2.05, 4.69) is 20.6 Å².